The minimum absolute atomic E-state index is 0.216. The lowest BCUT2D eigenvalue weighted by molar-refractivity contribution is -0.277. The fourth-order valence-electron chi connectivity index (χ4n) is 2.98. The topological polar surface area (TPSA) is 82.1 Å². The summed E-state index contributed by atoms with van der Waals surface area (Å²) in [6.45, 7) is 5.38. The molecule has 0 amide bonds. The molecule has 6 heteroatoms. The fraction of sp³-hybridized carbons (Fsp3) is 0.556. The largest absolute Gasteiger partial charge is 0.481 e. The van der Waals surface area contributed by atoms with Crippen molar-refractivity contribution in [3.63, 3.8) is 0 Å². The molecule has 1 aromatic rings. The second-order valence-corrected chi connectivity index (χ2v) is 7.14. The van der Waals surface area contributed by atoms with E-state index in [0.717, 1.165) is 0 Å². The Morgan fingerprint density at radius 3 is 1.92 bits per heavy atom. The fourth-order valence-corrected chi connectivity index (χ4v) is 2.98. The molecule has 0 heterocycles. The van der Waals surface area contributed by atoms with E-state index < -0.39 is 28.7 Å². The molecule has 0 spiro atoms. The van der Waals surface area contributed by atoms with Crippen LogP contribution in [0, 0.1) is 0 Å². The van der Waals surface area contributed by atoms with E-state index in [1.165, 1.54) is 14.2 Å². The van der Waals surface area contributed by atoms with Crippen molar-refractivity contribution in [2.24, 2.45) is 0 Å². The summed E-state index contributed by atoms with van der Waals surface area (Å²) in [6.07, 6.45) is 0.433. The monoisotopic (exact) mass is 336 g/mol. The maximum absolute atomic E-state index is 12.1. The Balaban J connectivity index is 2.23. The van der Waals surface area contributed by atoms with Crippen molar-refractivity contribution < 1.29 is 28.9 Å². The number of esters is 1. The number of benzene rings is 1. The first-order chi connectivity index (χ1) is 11.1. The molecule has 2 rings (SSSR count). The van der Waals surface area contributed by atoms with E-state index in [2.05, 4.69) is 0 Å². The summed E-state index contributed by atoms with van der Waals surface area (Å²) in [5.74, 6) is -2.24. The molecule has 1 fully saturated rings. The van der Waals surface area contributed by atoms with Crippen molar-refractivity contribution in [1.82, 2.24) is 0 Å². The quantitative estimate of drug-likeness (QED) is 0.658. The lowest BCUT2D eigenvalue weighted by Gasteiger charge is -2.51. The second-order valence-electron chi connectivity index (χ2n) is 7.14. The summed E-state index contributed by atoms with van der Waals surface area (Å²) in [7, 11) is 3.00. The van der Waals surface area contributed by atoms with Gasteiger partial charge in [0.2, 0.25) is 0 Å². The van der Waals surface area contributed by atoms with Crippen LogP contribution in [-0.4, -0.2) is 42.7 Å². The van der Waals surface area contributed by atoms with Crippen molar-refractivity contribution in [2.75, 3.05) is 14.2 Å². The molecule has 1 aromatic carbocycles. The molecule has 1 N–H and O–H groups in total. The highest BCUT2D eigenvalue weighted by atomic mass is 16.7. The second kappa shape index (κ2) is 6.18. The van der Waals surface area contributed by atoms with E-state index in [-0.39, 0.29) is 12.8 Å². The smallest absolute Gasteiger partial charge is 0.338 e. The number of aliphatic carboxylic acids is 1. The third kappa shape index (κ3) is 3.30. The Morgan fingerprint density at radius 1 is 1.04 bits per heavy atom. The number of carboxylic acid groups (broad SMARTS) is 1. The van der Waals surface area contributed by atoms with Gasteiger partial charge in [0, 0.05) is 27.1 Å². The highest BCUT2D eigenvalue weighted by Crippen LogP contribution is 2.52. The molecule has 24 heavy (non-hydrogen) atoms. The first kappa shape index (κ1) is 18.4. The minimum atomic E-state index is -1.07. The Kier molecular flexibility index (Phi) is 4.74. The van der Waals surface area contributed by atoms with Gasteiger partial charge in [-0.25, -0.2) is 4.79 Å². The van der Waals surface area contributed by atoms with Gasteiger partial charge in [-0.05, 0) is 38.5 Å². The maximum Gasteiger partial charge on any atom is 0.338 e. The number of ether oxygens (including phenoxy) is 3. The van der Waals surface area contributed by atoms with Crippen LogP contribution in [0.4, 0.5) is 0 Å². The number of methoxy groups -OCH3 is 2. The van der Waals surface area contributed by atoms with E-state index in [4.69, 9.17) is 14.2 Å². The molecule has 0 aliphatic heterocycles. The molecule has 0 saturated heterocycles. The number of hydrogen-bond acceptors (Lipinski definition) is 5. The summed E-state index contributed by atoms with van der Waals surface area (Å²) in [5.41, 5.74) is -0.647. The van der Waals surface area contributed by atoms with Crippen LogP contribution in [0.15, 0.2) is 24.3 Å². The van der Waals surface area contributed by atoms with E-state index >= 15 is 0 Å². The van der Waals surface area contributed by atoms with Gasteiger partial charge in [-0.3, -0.25) is 4.79 Å². The van der Waals surface area contributed by atoms with Gasteiger partial charge in [-0.2, -0.15) is 0 Å². The van der Waals surface area contributed by atoms with E-state index in [9.17, 15) is 14.7 Å². The zero-order chi connectivity index (χ0) is 18.2. The Hall–Kier alpha value is -1.92. The van der Waals surface area contributed by atoms with Crippen LogP contribution in [0.3, 0.4) is 0 Å². The maximum atomic E-state index is 12.1. The lowest BCUT2D eigenvalue weighted by atomic mass is 9.60. The highest BCUT2D eigenvalue weighted by Gasteiger charge is 2.61. The molecule has 1 aliphatic rings. The Bertz CT molecular complexity index is 614. The highest BCUT2D eigenvalue weighted by molar-refractivity contribution is 5.90. The zero-order valence-corrected chi connectivity index (χ0v) is 14.7. The summed E-state index contributed by atoms with van der Waals surface area (Å²) < 4.78 is 15.9. The van der Waals surface area contributed by atoms with Crippen molar-refractivity contribution in [3.8, 4) is 0 Å². The molecule has 0 atom stereocenters. The van der Waals surface area contributed by atoms with Crippen molar-refractivity contribution >= 4 is 11.9 Å². The third-order valence-corrected chi connectivity index (χ3v) is 4.37. The van der Waals surface area contributed by atoms with Crippen LogP contribution in [0.1, 0.15) is 49.5 Å². The molecule has 1 aliphatic carbocycles. The van der Waals surface area contributed by atoms with Gasteiger partial charge in [-0.1, -0.05) is 12.1 Å². The lowest BCUT2D eigenvalue weighted by Crippen LogP contribution is -2.60. The molecule has 132 valence electrons. The van der Waals surface area contributed by atoms with Gasteiger partial charge >= 0.3 is 11.9 Å². The summed E-state index contributed by atoms with van der Waals surface area (Å²) >= 11 is 0. The van der Waals surface area contributed by atoms with Gasteiger partial charge < -0.3 is 19.3 Å². The third-order valence-electron chi connectivity index (χ3n) is 4.37. The van der Waals surface area contributed by atoms with E-state index in [1.807, 2.05) is 0 Å². The number of carbonyl (C=O) groups excluding carboxylic acids is 1. The number of rotatable bonds is 5. The summed E-state index contributed by atoms with van der Waals surface area (Å²) in [4.78, 5) is 23.9. The van der Waals surface area contributed by atoms with Gasteiger partial charge in [0.1, 0.15) is 11.0 Å². The molecule has 0 bridgehead atoms. The molecular formula is C18H24O6. The SMILES string of the molecule is COC1(OC)CC(C(=O)O)(c2ccc(C(=O)OC(C)(C)C)cc2)C1. The summed E-state index contributed by atoms with van der Waals surface area (Å²) in [5, 5.41) is 9.69. The molecule has 0 aromatic heterocycles. The van der Waals surface area contributed by atoms with Crippen molar-refractivity contribution in [1.29, 1.82) is 0 Å². The van der Waals surface area contributed by atoms with Crippen molar-refractivity contribution in [3.05, 3.63) is 35.4 Å². The molecule has 6 nitrogen and oxygen atoms in total. The van der Waals surface area contributed by atoms with Crippen LogP contribution in [0.2, 0.25) is 0 Å². The van der Waals surface area contributed by atoms with Crippen LogP contribution >= 0.6 is 0 Å². The zero-order valence-electron chi connectivity index (χ0n) is 14.7. The number of carboxylic acids is 1. The molecular weight excluding hydrogens is 312 g/mol. The van der Waals surface area contributed by atoms with Crippen molar-refractivity contribution in [2.45, 2.75) is 50.4 Å². The molecule has 0 radical (unpaired) electrons. The average Bonchev–Trinajstić information content (AvgIpc) is 2.46. The first-order valence-electron chi connectivity index (χ1n) is 7.75. The van der Waals surface area contributed by atoms with Gasteiger partial charge in [0.25, 0.3) is 0 Å². The predicted molar refractivity (Wildman–Crippen MR) is 86.9 cm³/mol. The predicted octanol–water partition coefficient (Wildman–Crippen LogP) is 2.75. The summed E-state index contributed by atoms with van der Waals surface area (Å²) in [6, 6.07) is 6.49. The first-order valence-corrected chi connectivity index (χ1v) is 7.75. The normalized spacial score (nSPS) is 18.5. The Labute approximate surface area is 141 Å². The van der Waals surface area contributed by atoms with Gasteiger partial charge in [0.15, 0.2) is 5.79 Å². The van der Waals surface area contributed by atoms with Gasteiger partial charge in [-0.15, -0.1) is 0 Å². The Morgan fingerprint density at radius 2 is 1.54 bits per heavy atom. The molecule has 0 unspecified atom stereocenters. The number of hydrogen-bond donors (Lipinski definition) is 1. The van der Waals surface area contributed by atoms with E-state index in [0.29, 0.717) is 11.1 Å². The van der Waals surface area contributed by atoms with Crippen LogP contribution in [0.5, 0.6) is 0 Å². The average molecular weight is 336 g/mol. The van der Waals surface area contributed by atoms with Crippen LogP contribution in [-0.2, 0) is 24.4 Å². The standard InChI is InChI=1S/C18H24O6/c1-16(2,3)24-14(19)12-6-8-13(9-7-12)17(15(20)21)10-18(11-17,22-4)23-5/h6-9H,10-11H2,1-5H3,(H,20,21). The van der Waals surface area contributed by atoms with Crippen LogP contribution in [0.25, 0.3) is 0 Å². The van der Waals surface area contributed by atoms with E-state index in [1.54, 1.807) is 45.0 Å². The minimum Gasteiger partial charge on any atom is -0.481 e. The van der Waals surface area contributed by atoms with Crippen LogP contribution < -0.4 is 0 Å². The van der Waals surface area contributed by atoms with Gasteiger partial charge in [0.05, 0.1) is 5.56 Å². The number of carbonyl (C=O) groups is 2. The molecule has 1 saturated carbocycles.